The third kappa shape index (κ3) is 6.16. The smallest absolute Gasteiger partial charge is 0.243 e. The molecule has 6 nitrogen and oxygen atoms in total. The number of hydrogen-bond acceptors (Lipinski definition) is 4. The summed E-state index contributed by atoms with van der Waals surface area (Å²) >= 11 is 5.68. The molecule has 2 fully saturated rings. The first-order valence-electron chi connectivity index (χ1n) is 12.8. The summed E-state index contributed by atoms with van der Waals surface area (Å²) in [4.78, 5) is 2.66. The Morgan fingerprint density at radius 2 is 1.51 bits per heavy atom. The Labute approximate surface area is 216 Å². The van der Waals surface area contributed by atoms with E-state index in [4.69, 9.17) is 12.2 Å². The minimum absolute atomic E-state index is 0.320. The molecule has 0 amide bonds. The van der Waals surface area contributed by atoms with Crippen molar-refractivity contribution in [3.05, 3.63) is 48.0 Å². The topological polar surface area (TPSA) is 64.7 Å². The predicted molar refractivity (Wildman–Crippen MR) is 150 cm³/mol. The molecule has 0 saturated carbocycles. The summed E-state index contributed by atoms with van der Waals surface area (Å²) in [5.41, 5.74) is 3.87. The van der Waals surface area contributed by atoms with Gasteiger partial charge in [0.2, 0.25) is 10.0 Å². The molecule has 190 valence electrons. The summed E-state index contributed by atoms with van der Waals surface area (Å²) in [7, 11) is -3.56. The molecular formula is C27H38N4O2S2. The molecule has 2 aliphatic heterocycles. The lowest BCUT2D eigenvalue weighted by Gasteiger charge is -2.34. The summed E-state index contributed by atoms with van der Waals surface area (Å²) in [6, 6.07) is 13.6. The number of piperidine rings is 2. The van der Waals surface area contributed by atoms with E-state index in [1.54, 1.807) is 16.4 Å². The highest BCUT2D eigenvalue weighted by Crippen LogP contribution is 2.34. The van der Waals surface area contributed by atoms with Crippen LogP contribution in [0.3, 0.4) is 0 Å². The SMILES string of the molecule is CCc1ccccc1NC(=S)Nc1cc(S(=O)(=O)N2CCC(C)CC2)ccc1N1CCC(C)CC1. The molecule has 2 saturated heterocycles. The molecule has 0 bridgehead atoms. The van der Waals surface area contributed by atoms with E-state index in [1.807, 2.05) is 24.3 Å². The number of aryl methyl sites for hydroxylation is 1. The molecule has 35 heavy (non-hydrogen) atoms. The summed E-state index contributed by atoms with van der Waals surface area (Å²) in [6.07, 6.45) is 4.94. The van der Waals surface area contributed by atoms with E-state index >= 15 is 0 Å². The number of hydrogen-bond donors (Lipinski definition) is 2. The molecule has 2 aromatic carbocycles. The second kappa shape index (κ2) is 11.3. The van der Waals surface area contributed by atoms with E-state index < -0.39 is 10.0 Å². The van der Waals surface area contributed by atoms with Crippen LogP contribution in [-0.2, 0) is 16.4 Å². The average Bonchev–Trinajstić information content (AvgIpc) is 2.85. The van der Waals surface area contributed by atoms with Crippen molar-refractivity contribution in [3.8, 4) is 0 Å². The summed E-state index contributed by atoms with van der Waals surface area (Å²) < 4.78 is 28.6. The van der Waals surface area contributed by atoms with Crippen LogP contribution in [0.5, 0.6) is 0 Å². The monoisotopic (exact) mass is 514 g/mol. The van der Waals surface area contributed by atoms with Crippen molar-refractivity contribution in [2.24, 2.45) is 11.8 Å². The number of thiocarbonyl (C=S) groups is 1. The van der Waals surface area contributed by atoms with Crippen LogP contribution in [0.15, 0.2) is 47.4 Å². The molecule has 4 rings (SSSR count). The van der Waals surface area contributed by atoms with Crippen LogP contribution in [0.2, 0.25) is 0 Å². The van der Waals surface area contributed by atoms with Crippen LogP contribution in [0, 0.1) is 11.8 Å². The number of nitrogens with one attached hydrogen (secondary N) is 2. The van der Waals surface area contributed by atoms with Gasteiger partial charge in [0.05, 0.1) is 16.3 Å². The van der Waals surface area contributed by atoms with E-state index in [9.17, 15) is 8.42 Å². The van der Waals surface area contributed by atoms with E-state index in [0.29, 0.717) is 34.9 Å². The van der Waals surface area contributed by atoms with Crippen LogP contribution in [0.4, 0.5) is 17.1 Å². The Balaban J connectivity index is 1.62. The van der Waals surface area contributed by atoms with Gasteiger partial charge in [-0.1, -0.05) is 39.0 Å². The number of nitrogens with zero attached hydrogens (tertiary/aromatic N) is 2. The van der Waals surface area contributed by atoms with Gasteiger partial charge in [-0.2, -0.15) is 4.31 Å². The average molecular weight is 515 g/mol. The largest absolute Gasteiger partial charge is 0.370 e. The van der Waals surface area contributed by atoms with Crippen LogP contribution < -0.4 is 15.5 Å². The Kier molecular flexibility index (Phi) is 8.34. The van der Waals surface area contributed by atoms with Crippen molar-refractivity contribution < 1.29 is 8.42 Å². The number of anilines is 3. The van der Waals surface area contributed by atoms with Gasteiger partial charge in [0.15, 0.2) is 5.11 Å². The minimum atomic E-state index is -3.56. The highest BCUT2D eigenvalue weighted by Gasteiger charge is 2.29. The van der Waals surface area contributed by atoms with Gasteiger partial charge >= 0.3 is 0 Å². The summed E-state index contributed by atoms with van der Waals surface area (Å²) in [6.45, 7) is 9.64. The maximum Gasteiger partial charge on any atom is 0.243 e. The zero-order chi connectivity index (χ0) is 25.0. The molecule has 2 heterocycles. The van der Waals surface area contributed by atoms with Crippen LogP contribution in [0.25, 0.3) is 0 Å². The van der Waals surface area contributed by atoms with E-state index in [2.05, 4.69) is 42.4 Å². The van der Waals surface area contributed by atoms with Gasteiger partial charge in [-0.3, -0.25) is 0 Å². The highest BCUT2D eigenvalue weighted by molar-refractivity contribution is 7.89. The van der Waals surface area contributed by atoms with E-state index in [1.165, 1.54) is 5.56 Å². The maximum atomic E-state index is 13.5. The number of rotatable bonds is 6. The van der Waals surface area contributed by atoms with Gasteiger partial charge in [-0.25, -0.2) is 8.42 Å². The third-order valence-corrected chi connectivity index (χ3v) is 9.47. The van der Waals surface area contributed by atoms with Crippen LogP contribution in [-0.4, -0.2) is 44.0 Å². The fourth-order valence-electron chi connectivity index (χ4n) is 4.90. The molecule has 0 atom stereocenters. The fraction of sp³-hybridized carbons (Fsp3) is 0.519. The van der Waals surface area contributed by atoms with Gasteiger partial charge in [0, 0.05) is 31.9 Å². The number of para-hydroxylation sites is 1. The van der Waals surface area contributed by atoms with Crippen molar-refractivity contribution in [1.82, 2.24) is 4.31 Å². The van der Waals surface area contributed by atoms with Crippen LogP contribution in [0.1, 0.15) is 52.0 Å². The number of sulfonamides is 1. The van der Waals surface area contributed by atoms with E-state index in [-0.39, 0.29) is 0 Å². The van der Waals surface area contributed by atoms with Crippen molar-refractivity contribution in [3.63, 3.8) is 0 Å². The first-order valence-corrected chi connectivity index (χ1v) is 14.7. The molecule has 2 aliphatic rings. The maximum absolute atomic E-state index is 13.5. The highest BCUT2D eigenvalue weighted by atomic mass is 32.2. The Morgan fingerprint density at radius 3 is 2.17 bits per heavy atom. The molecule has 2 N–H and O–H groups in total. The Morgan fingerprint density at radius 1 is 0.914 bits per heavy atom. The molecule has 0 spiro atoms. The zero-order valence-corrected chi connectivity index (χ0v) is 22.7. The second-order valence-corrected chi connectivity index (χ2v) is 12.4. The normalized spacial score (nSPS) is 18.4. The van der Waals surface area contributed by atoms with Crippen LogP contribution >= 0.6 is 12.2 Å². The predicted octanol–water partition coefficient (Wildman–Crippen LogP) is 5.71. The van der Waals surface area contributed by atoms with E-state index in [0.717, 1.165) is 62.3 Å². The number of benzene rings is 2. The molecular weight excluding hydrogens is 476 g/mol. The Hall–Kier alpha value is -2.16. The van der Waals surface area contributed by atoms with Gasteiger partial charge in [0.1, 0.15) is 0 Å². The molecule has 2 aromatic rings. The van der Waals surface area contributed by atoms with Gasteiger partial charge < -0.3 is 15.5 Å². The molecule has 0 radical (unpaired) electrons. The lowest BCUT2D eigenvalue weighted by atomic mass is 9.98. The van der Waals surface area contributed by atoms with Crippen molar-refractivity contribution >= 4 is 44.4 Å². The van der Waals surface area contributed by atoms with Gasteiger partial charge in [-0.15, -0.1) is 0 Å². The third-order valence-electron chi connectivity index (χ3n) is 7.37. The van der Waals surface area contributed by atoms with Crippen molar-refractivity contribution in [2.75, 3.05) is 41.7 Å². The van der Waals surface area contributed by atoms with Crippen molar-refractivity contribution in [1.29, 1.82) is 0 Å². The van der Waals surface area contributed by atoms with Gasteiger partial charge in [0.25, 0.3) is 0 Å². The zero-order valence-electron chi connectivity index (χ0n) is 21.1. The summed E-state index contributed by atoms with van der Waals surface area (Å²) in [5.74, 6) is 1.27. The first-order chi connectivity index (χ1) is 16.8. The molecule has 8 heteroatoms. The lowest BCUT2D eigenvalue weighted by molar-refractivity contribution is 0.288. The Bertz CT molecular complexity index is 1140. The molecule has 0 aromatic heterocycles. The second-order valence-electron chi connectivity index (χ2n) is 10.0. The molecule has 0 unspecified atom stereocenters. The lowest BCUT2D eigenvalue weighted by Crippen LogP contribution is -2.38. The quantitative estimate of drug-likeness (QED) is 0.481. The summed E-state index contributed by atoms with van der Waals surface area (Å²) in [5, 5.41) is 7.11. The molecule has 0 aliphatic carbocycles. The standard InChI is InChI=1S/C27H38N4O2S2/c1-4-22-7-5-6-8-24(22)28-27(34)29-25-19-23(35(32,33)31-17-13-21(3)14-18-31)9-10-26(25)30-15-11-20(2)12-16-30/h5-10,19-21H,4,11-18H2,1-3H3,(H2,28,29,34). The van der Waals surface area contributed by atoms with Crippen molar-refractivity contribution in [2.45, 2.75) is 57.8 Å². The fourth-order valence-corrected chi connectivity index (χ4v) is 6.62. The van der Waals surface area contributed by atoms with Gasteiger partial charge in [-0.05, 0) is 86.0 Å². The minimum Gasteiger partial charge on any atom is -0.370 e. The first kappa shape index (κ1) is 25.9.